The van der Waals surface area contributed by atoms with E-state index in [0.717, 1.165) is 85.4 Å². The summed E-state index contributed by atoms with van der Waals surface area (Å²) in [6.07, 6.45) is 3.00. The summed E-state index contributed by atoms with van der Waals surface area (Å²) < 4.78 is 26.6. The van der Waals surface area contributed by atoms with Crippen molar-refractivity contribution in [3.05, 3.63) is 93.4 Å². The molecule has 1 atom stereocenters. The molecule has 0 unspecified atom stereocenters. The Morgan fingerprint density at radius 3 is 2.68 bits per heavy atom. The maximum Gasteiger partial charge on any atom is 0.352 e. The van der Waals surface area contributed by atoms with E-state index in [4.69, 9.17) is 26.5 Å². The minimum absolute atomic E-state index is 0.0559. The molecular formula is C38H38ClFN6O3S. The van der Waals surface area contributed by atoms with Crippen molar-refractivity contribution in [2.45, 2.75) is 62.4 Å². The topological polar surface area (TPSA) is 90.3 Å². The molecule has 3 aromatic heterocycles. The van der Waals surface area contributed by atoms with E-state index in [9.17, 15) is 14.3 Å². The number of fused-ring (bicyclic) bond motifs is 7. The van der Waals surface area contributed by atoms with E-state index in [0.29, 0.717) is 42.5 Å². The highest BCUT2D eigenvalue weighted by Crippen LogP contribution is 2.46. The summed E-state index contributed by atoms with van der Waals surface area (Å²) in [5.74, 6) is 0.0200. The number of aryl methyl sites for hydroxylation is 5. The van der Waals surface area contributed by atoms with Gasteiger partial charge in [0, 0.05) is 59.7 Å². The van der Waals surface area contributed by atoms with Crippen LogP contribution in [-0.2, 0) is 39.4 Å². The molecule has 0 fully saturated rings. The predicted octanol–water partition coefficient (Wildman–Crippen LogP) is 8.31. The van der Waals surface area contributed by atoms with Gasteiger partial charge in [-0.15, -0.1) is 11.8 Å². The second-order valence-corrected chi connectivity index (χ2v) is 14.9. The third-order valence-electron chi connectivity index (χ3n) is 10.2. The minimum Gasteiger partial charge on any atom is -0.493 e. The molecule has 258 valence electrons. The number of thioether (sulfide) groups is 1. The average Bonchev–Trinajstić information content (AvgIpc) is 3.70. The molecule has 12 heteroatoms. The Bertz CT molecular complexity index is 2330. The zero-order chi connectivity index (χ0) is 34.8. The minimum atomic E-state index is -0.990. The van der Waals surface area contributed by atoms with E-state index in [-0.39, 0.29) is 17.6 Å². The molecule has 5 heterocycles. The van der Waals surface area contributed by atoms with Crippen molar-refractivity contribution in [2.24, 2.45) is 14.1 Å². The van der Waals surface area contributed by atoms with Crippen molar-refractivity contribution in [3.63, 3.8) is 0 Å². The van der Waals surface area contributed by atoms with Gasteiger partial charge in [0.25, 0.3) is 0 Å². The molecule has 1 N–H and O–H groups in total. The van der Waals surface area contributed by atoms with Gasteiger partial charge in [-0.25, -0.2) is 9.18 Å². The van der Waals surface area contributed by atoms with Crippen LogP contribution in [0.5, 0.6) is 5.75 Å². The number of ether oxygens (including phenoxy) is 1. The number of carbonyl (C=O) groups is 1. The molecule has 8 rings (SSSR count). The van der Waals surface area contributed by atoms with Gasteiger partial charge < -0.3 is 14.4 Å². The monoisotopic (exact) mass is 712 g/mol. The fourth-order valence-electron chi connectivity index (χ4n) is 8.01. The highest BCUT2D eigenvalue weighted by atomic mass is 35.5. The van der Waals surface area contributed by atoms with Crippen molar-refractivity contribution >= 4 is 51.0 Å². The van der Waals surface area contributed by atoms with E-state index < -0.39 is 5.97 Å². The third kappa shape index (κ3) is 5.56. The largest absolute Gasteiger partial charge is 0.493 e. The number of halogens is 2. The van der Waals surface area contributed by atoms with Crippen LogP contribution in [0.1, 0.15) is 64.1 Å². The first kappa shape index (κ1) is 32.9. The molecule has 2 aliphatic heterocycles. The van der Waals surface area contributed by atoms with Crippen LogP contribution in [-0.4, -0.2) is 53.8 Å². The Labute approximate surface area is 298 Å². The molecular weight excluding hydrogens is 675 g/mol. The summed E-state index contributed by atoms with van der Waals surface area (Å²) in [4.78, 5) is 16.2. The summed E-state index contributed by atoms with van der Waals surface area (Å²) in [6, 6.07) is 14.8. The molecule has 0 saturated carbocycles. The van der Waals surface area contributed by atoms with Gasteiger partial charge in [-0.2, -0.15) is 10.2 Å². The number of hydrogen-bond donors (Lipinski definition) is 1. The number of carboxylic acids is 1. The van der Waals surface area contributed by atoms with E-state index in [1.165, 1.54) is 12.1 Å². The molecule has 0 saturated heterocycles. The van der Waals surface area contributed by atoms with E-state index in [1.54, 1.807) is 22.4 Å². The lowest BCUT2D eigenvalue weighted by Crippen LogP contribution is -2.30. The Morgan fingerprint density at radius 2 is 1.86 bits per heavy atom. The van der Waals surface area contributed by atoms with Crippen molar-refractivity contribution in [3.8, 4) is 16.9 Å². The van der Waals surface area contributed by atoms with Crippen LogP contribution in [0.25, 0.3) is 32.8 Å². The number of aromatic carboxylic acids is 1. The predicted molar refractivity (Wildman–Crippen MR) is 195 cm³/mol. The Balaban J connectivity index is 1.30. The molecule has 3 aromatic carbocycles. The quantitative estimate of drug-likeness (QED) is 0.183. The maximum absolute atomic E-state index is 14.4. The van der Waals surface area contributed by atoms with Crippen molar-refractivity contribution < 1.29 is 19.0 Å². The number of rotatable bonds is 1. The SMILES string of the molecule is Cc1nn2c3c1-c1c(Cl)ccc4c(c(C(=O)O)n(C)c14)CCCOc1cc(cc4cc(F)ccc14)SCc1cc(n(C)n1)CN(C)[C@@H]3CCC2. The van der Waals surface area contributed by atoms with Crippen LogP contribution in [0.3, 0.4) is 0 Å². The summed E-state index contributed by atoms with van der Waals surface area (Å²) in [6.45, 7) is 3.85. The van der Waals surface area contributed by atoms with E-state index in [2.05, 4.69) is 22.7 Å². The molecule has 2 aliphatic rings. The summed E-state index contributed by atoms with van der Waals surface area (Å²) >= 11 is 8.75. The number of carboxylic acid groups (broad SMARTS) is 1. The molecule has 0 amide bonds. The summed E-state index contributed by atoms with van der Waals surface area (Å²) in [7, 11) is 5.94. The lowest BCUT2D eigenvalue weighted by atomic mass is 9.92. The van der Waals surface area contributed by atoms with Crippen molar-refractivity contribution in [2.75, 3.05) is 13.7 Å². The summed E-state index contributed by atoms with van der Waals surface area (Å²) in [5, 5.41) is 23.4. The Hall–Kier alpha value is -4.32. The van der Waals surface area contributed by atoms with Crippen molar-refractivity contribution in [1.29, 1.82) is 0 Å². The van der Waals surface area contributed by atoms with Gasteiger partial charge >= 0.3 is 5.97 Å². The number of aromatic nitrogens is 5. The number of nitrogens with zero attached hydrogens (tertiary/aromatic N) is 6. The average molecular weight is 713 g/mol. The number of hydrogen-bond acceptors (Lipinski definition) is 6. The standard InChI is InChI=1S/C38H38ClFN6O3S/c1-21-33-34-30(39)12-11-29-28(36(38(47)48)44(3)35(29)34)7-6-14-49-32-18-26(16-22-15-23(40)9-10-27(22)32)50-20-24-17-25(45(4)42-24)19-43(2)31-8-5-13-46(41-21)37(31)33/h9-12,15-18,31H,5-8,13-14,19-20H2,1-4H3,(H,47,48)/t31-/m1/s1. The fourth-order valence-corrected chi connectivity index (χ4v) is 9.11. The van der Waals surface area contributed by atoms with Gasteiger partial charge in [0.1, 0.15) is 17.3 Å². The first-order chi connectivity index (χ1) is 24.1. The Morgan fingerprint density at radius 1 is 1.04 bits per heavy atom. The first-order valence-electron chi connectivity index (χ1n) is 16.9. The van der Waals surface area contributed by atoms with Crippen LogP contribution in [0, 0.1) is 12.7 Å². The highest BCUT2D eigenvalue weighted by molar-refractivity contribution is 7.98. The molecule has 0 aliphatic carbocycles. The van der Waals surface area contributed by atoms with Gasteiger partial charge in [0.2, 0.25) is 0 Å². The molecule has 50 heavy (non-hydrogen) atoms. The zero-order valence-electron chi connectivity index (χ0n) is 28.5. The van der Waals surface area contributed by atoms with Crippen LogP contribution in [0.15, 0.2) is 53.4 Å². The normalized spacial score (nSPS) is 17.1. The van der Waals surface area contributed by atoms with Crippen LogP contribution in [0.2, 0.25) is 5.02 Å². The van der Waals surface area contributed by atoms with Gasteiger partial charge in [-0.05, 0) is 93.1 Å². The van der Waals surface area contributed by atoms with Crippen LogP contribution in [0.4, 0.5) is 4.39 Å². The van der Waals surface area contributed by atoms with Gasteiger partial charge in [0.15, 0.2) is 0 Å². The highest BCUT2D eigenvalue weighted by Gasteiger charge is 2.34. The fraction of sp³-hybridized carbons (Fsp3) is 0.342. The maximum atomic E-state index is 14.4. The Kier molecular flexibility index (Phi) is 8.40. The lowest BCUT2D eigenvalue weighted by Gasteiger charge is -2.33. The van der Waals surface area contributed by atoms with E-state index in [1.807, 2.05) is 50.0 Å². The molecule has 6 aromatic rings. The smallest absolute Gasteiger partial charge is 0.352 e. The van der Waals surface area contributed by atoms with E-state index >= 15 is 0 Å². The second-order valence-electron chi connectivity index (χ2n) is 13.4. The first-order valence-corrected chi connectivity index (χ1v) is 18.3. The third-order valence-corrected chi connectivity index (χ3v) is 11.6. The van der Waals surface area contributed by atoms with Gasteiger partial charge in [-0.1, -0.05) is 17.7 Å². The van der Waals surface area contributed by atoms with Gasteiger partial charge in [-0.3, -0.25) is 14.3 Å². The molecule has 9 nitrogen and oxygen atoms in total. The zero-order valence-corrected chi connectivity index (χ0v) is 30.0. The lowest BCUT2D eigenvalue weighted by molar-refractivity contribution is 0.0685. The van der Waals surface area contributed by atoms with Crippen molar-refractivity contribution in [1.82, 2.24) is 29.0 Å². The van der Waals surface area contributed by atoms with Gasteiger partial charge in [0.05, 0.1) is 46.0 Å². The van der Waals surface area contributed by atoms with Crippen LogP contribution >= 0.6 is 23.4 Å². The summed E-state index contributed by atoms with van der Waals surface area (Å²) in [5.41, 5.74) is 7.59. The molecule has 0 radical (unpaired) electrons. The molecule has 0 spiro atoms. The second kappa shape index (κ2) is 12.8. The van der Waals surface area contributed by atoms with Crippen LogP contribution < -0.4 is 4.74 Å². The number of benzene rings is 3. The molecule has 8 bridgehead atoms.